The Kier molecular flexibility index (Phi) is 11.1. The van der Waals surface area contributed by atoms with Crippen molar-refractivity contribution in [1.29, 1.82) is 0 Å². The van der Waals surface area contributed by atoms with Crippen LogP contribution in [0.15, 0.2) is 24.3 Å². The number of aliphatic hydroxyl groups is 2. The first-order valence-electron chi connectivity index (χ1n) is 27.5. The highest BCUT2D eigenvalue weighted by molar-refractivity contribution is 5.75. The molecule has 19 unspecified atom stereocenters. The summed E-state index contributed by atoms with van der Waals surface area (Å²) in [5.74, 6) is 10.8. The number of ether oxygens (including phenoxy) is 2. The predicted octanol–water partition coefficient (Wildman–Crippen LogP) is 12.2. The number of hydrogen-bond acceptors (Lipinski definition) is 5. The summed E-state index contributed by atoms with van der Waals surface area (Å²) in [7, 11) is 1.76. The molecule has 11 rings (SSSR count). The van der Waals surface area contributed by atoms with E-state index in [0.717, 1.165) is 108 Å². The van der Waals surface area contributed by atoms with Gasteiger partial charge >= 0.3 is 5.97 Å². The van der Waals surface area contributed by atoms with Gasteiger partial charge < -0.3 is 24.8 Å². The Bertz CT molecular complexity index is 2060. The van der Waals surface area contributed by atoms with E-state index in [-0.39, 0.29) is 62.8 Å². The first-order chi connectivity index (χ1) is 31.1. The second-order valence-electron chi connectivity index (χ2n) is 26.2. The molecule has 3 spiro atoms. The zero-order chi connectivity index (χ0) is 45.4. The van der Waals surface area contributed by atoms with Crippen LogP contribution in [-0.2, 0) is 27.1 Å². The van der Waals surface area contributed by atoms with Crippen LogP contribution < -0.4 is 0 Å². The maximum Gasteiger partial charge on any atom is 0.309 e. The molecular weight excluding hydrogens is 805 g/mol. The summed E-state index contributed by atoms with van der Waals surface area (Å²) in [6.45, 7) is 13.1. The molecule has 6 heteroatoms. The van der Waals surface area contributed by atoms with Gasteiger partial charge in [0.2, 0.25) is 0 Å². The number of aliphatic carboxylic acids is 1. The molecule has 4 bridgehead atoms. The van der Waals surface area contributed by atoms with E-state index in [1.807, 2.05) is 0 Å². The number of carboxylic acid groups (broad SMARTS) is 1. The molecule has 0 radical (unpaired) electrons. The van der Waals surface area contributed by atoms with Crippen molar-refractivity contribution in [2.24, 2.45) is 91.2 Å². The summed E-state index contributed by atoms with van der Waals surface area (Å²) in [6.07, 6.45) is 25.2. The molecule has 1 aromatic rings. The molecular formula is C59H86O6. The second-order valence-corrected chi connectivity index (χ2v) is 26.2. The molecule has 9 aliphatic carbocycles. The lowest BCUT2D eigenvalue weighted by atomic mass is 9.21. The van der Waals surface area contributed by atoms with E-state index < -0.39 is 23.3 Å². The molecule has 0 aromatic heterocycles. The molecule has 358 valence electrons. The molecule has 1 aromatic carbocycles. The number of hydrogen-bond donors (Lipinski definition) is 3. The fourth-order valence-electron chi connectivity index (χ4n) is 21.6. The summed E-state index contributed by atoms with van der Waals surface area (Å²) in [5, 5.41) is 37.2. The maximum absolute atomic E-state index is 13.7. The van der Waals surface area contributed by atoms with Crippen molar-refractivity contribution in [2.45, 2.75) is 207 Å². The standard InChI is InChI=1S/C59H86O6/c1-7-11-47-57-32-31-56-25-10-14-41(43-20-19-40-12-8-9-13-42(40)35-43)23-26-58-44(21-22-45-49(58)52(2,28-30-55(56,58)5)27-29-53(45,3)51(61)62)36-54(56,4)50(57)46(60)37-59(47,63)65-48(57)34-39-17-15-38(16-18-39)24-33-64-6/h15-18,40-50,60,63H,7-9,11-14,19-24,26-37H2,1-6H3,(H,61,62). The molecule has 10 aliphatic rings. The van der Waals surface area contributed by atoms with Crippen molar-refractivity contribution >= 4 is 5.97 Å². The number of benzene rings is 1. The van der Waals surface area contributed by atoms with E-state index >= 15 is 0 Å². The van der Waals surface area contributed by atoms with E-state index in [0.29, 0.717) is 24.4 Å². The monoisotopic (exact) mass is 891 g/mol. The molecule has 6 nitrogen and oxygen atoms in total. The molecule has 1 saturated heterocycles. The minimum absolute atomic E-state index is 0.0112. The third-order valence-corrected chi connectivity index (χ3v) is 24.3. The van der Waals surface area contributed by atoms with Crippen LogP contribution in [0.2, 0.25) is 0 Å². The van der Waals surface area contributed by atoms with Gasteiger partial charge in [-0.2, -0.15) is 0 Å². The molecule has 1 aliphatic heterocycles. The van der Waals surface area contributed by atoms with Crippen LogP contribution >= 0.6 is 0 Å². The van der Waals surface area contributed by atoms with Crippen LogP contribution in [-0.4, -0.2) is 53.0 Å². The van der Waals surface area contributed by atoms with Gasteiger partial charge in [0.05, 0.1) is 24.2 Å². The minimum Gasteiger partial charge on any atom is -0.481 e. The van der Waals surface area contributed by atoms with E-state index in [2.05, 4.69) is 70.7 Å². The summed E-state index contributed by atoms with van der Waals surface area (Å²) in [4.78, 5) is 13.7. The number of fused-ring (bicyclic) bond motifs is 3. The molecule has 0 amide bonds. The molecule has 65 heavy (non-hydrogen) atoms. The lowest BCUT2D eigenvalue weighted by Gasteiger charge is -2.82. The van der Waals surface area contributed by atoms with Crippen LogP contribution in [0, 0.1) is 103 Å². The summed E-state index contributed by atoms with van der Waals surface area (Å²) < 4.78 is 12.6. The Morgan fingerprint density at radius 2 is 1.54 bits per heavy atom. The third kappa shape index (κ3) is 6.08. The molecule has 1 heterocycles. The zero-order valence-electron chi connectivity index (χ0n) is 41.4. The van der Waals surface area contributed by atoms with Gasteiger partial charge in [-0.3, -0.25) is 4.79 Å². The molecule has 8 saturated carbocycles. The largest absolute Gasteiger partial charge is 0.481 e. The molecule has 9 fully saturated rings. The van der Waals surface area contributed by atoms with Crippen molar-refractivity contribution in [3.63, 3.8) is 0 Å². The van der Waals surface area contributed by atoms with E-state index in [1.54, 1.807) is 7.11 Å². The number of aliphatic hydroxyl groups excluding tert-OH is 1. The third-order valence-electron chi connectivity index (χ3n) is 24.3. The predicted molar refractivity (Wildman–Crippen MR) is 255 cm³/mol. The van der Waals surface area contributed by atoms with Crippen LogP contribution in [0.1, 0.15) is 187 Å². The lowest BCUT2D eigenvalue weighted by Crippen LogP contribution is -2.79. The van der Waals surface area contributed by atoms with Gasteiger partial charge in [0, 0.05) is 42.6 Å². The normalized spacial score (nSPS) is 52.8. The van der Waals surface area contributed by atoms with Gasteiger partial charge in [-0.25, -0.2) is 0 Å². The second kappa shape index (κ2) is 15.8. The summed E-state index contributed by atoms with van der Waals surface area (Å²) in [6, 6.07) is 9.02. The van der Waals surface area contributed by atoms with E-state index in [4.69, 9.17) is 9.47 Å². The minimum atomic E-state index is -1.35. The smallest absolute Gasteiger partial charge is 0.309 e. The Hall–Kier alpha value is -1.91. The Balaban J connectivity index is 1.07. The van der Waals surface area contributed by atoms with Gasteiger partial charge in [-0.05, 0) is 190 Å². The Morgan fingerprint density at radius 1 is 0.815 bits per heavy atom. The summed E-state index contributed by atoms with van der Waals surface area (Å²) in [5.41, 5.74) is 0.738. The SMILES string of the molecule is CCCC1C2(O)CC(O)C3C1(CCC14C#CCC(C5CCC6CCCCC6C5)CCC56C(CCC7C5C(C)(CCC7(C)C(=O)O)CCC61C)CC34C)C(Cc1ccc(CCOC)cc1)O2. The van der Waals surface area contributed by atoms with Crippen molar-refractivity contribution < 1.29 is 29.6 Å². The van der Waals surface area contributed by atoms with Gasteiger partial charge in [0.25, 0.3) is 0 Å². The first-order valence-corrected chi connectivity index (χ1v) is 27.5. The van der Waals surface area contributed by atoms with Crippen LogP contribution in [0.25, 0.3) is 0 Å². The highest BCUT2D eigenvalue weighted by Crippen LogP contribution is 2.88. The highest BCUT2D eigenvalue weighted by Gasteiger charge is 2.85. The zero-order valence-corrected chi connectivity index (χ0v) is 41.4. The number of rotatable bonds is 9. The number of carboxylic acids is 1. The first kappa shape index (κ1) is 45.5. The van der Waals surface area contributed by atoms with Crippen molar-refractivity contribution in [2.75, 3.05) is 13.7 Å². The van der Waals surface area contributed by atoms with Gasteiger partial charge in [0.1, 0.15) is 0 Å². The average molecular weight is 891 g/mol. The quantitative estimate of drug-likeness (QED) is 0.214. The Labute approximate surface area is 392 Å². The fourth-order valence-corrected chi connectivity index (χ4v) is 21.6. The van der Waals surface area contributed by atoms with E-state index in [1.165, 1.54) is 68.9 Å². The molecule has 3 N–H and O–H groups in total. The van der Waals surface area contributed by atoms with Crippen molar-refractivity contribution in [1.82, 2.24) is 0 Å². The van der Waals surface area contributed by atoms with Gasteiger partial charge in [0.15, 0.2) is 5.79 Å². The van der Waals surface area contributed by atoms with Crippen LogP contribution in [0.5, 0.6) is 0 Å². The van der Waals surface area contributed by atoms with E-state index in [9.17, 15) is 20.1 Å². The fraction of sp³-hybridized carbons (Fsp3) is 0.847. The average Bonchev–Trinajstić information content (AvgIpc) is 3.45. The lowest BCUT2D eigenvalue weighted by molar-refractivity contribution is -0.348. The Morgan fingerprint density at radius 3 is 2.29 bits per heavy atom. The van der Waals surface area contributed by atoms with Gasteiger partial charge in [-0.15, -0.1) is 5.92 Å². The topological polar surface area (TPSA) is 96.2 Å². The highest BCUT2D eigenvalue weighted by atomic mass is 16.6. The number of carbonyl (C=O) groups is 1. The molecule has 19 atom stereocenters. The van der Waals surface area contributed by atoms with Crippen molar-refractivity contribution in [3.05, 3.63) is 35.4 Å². The van der Waals surface area contributed by atoms with Crippen molar-refractivity contribution in [3.8, 4) is 11.8 Å². The maximum atomic E-state index is 13.7. The number of methoxy groups -OCH3 is 1. The van der Waals surface area contributed by atoms with Gasteiger partial charge in [-0.1, -0.05) is 90.0 Å². The summed E-state index contributed by atoms with van der Waals surface area (Å²) >= 11 is 0. The van der Waals surface area contributed by atoms with Crippen LogP contribution in [0.3, 0.4) is 0 Å². The van der Waals surface area contributed by atoms with Crippen LogP contribution in [0.4, 0.5) is 0 Å².